The maximum atomic E-state index is 12.7. The molecule has 10 heteroatoms. The molecule has 0 saturated carbocycles. The van der Waals surface area contributed by atoms with Gasteiger partial charge in [-0.3, -0.25) is 18.6 Å². The number of phosphoric acid groups is 1. The summed E-state index contributed by atoms with van der Waals surface area (Å²) >= 11 is 0. The number of rotatable bonds is 43. The van der Waals surface area contributed by atoms with Gasteiger partial charge in [0.2, 0.25) is 0 Å². The van der Waals surface area contributed by atoms with Crippen molar-refractivity contribution in [1.82, 2.24) is 0 Å². The van der Waals surface area contributed by atoms with Crippen molar-refractivity contribution in [3.8, 4) is 0 Å². The molecule has 0 spiro atoms. The fourth-order valence-corrected chi connectivity index (χ4v) is 7.13. The zero-order valence-corrected chi connectivity index (χ0v) is 39.2. The molecule has 0 aliphatic heterocycles. The van der Waals surface area contributed by atoms with Gasteiger partial charge in [0.25, 0.3) is 0 Å². The first-order valence-corrected chi connectivity index (χ1v) is 25.2. The minimum absolute atomic E-state index is 0.0281. The van der Waals surface area contributed by atoms with Crippen LogP contribution in [0, 0.1) is 0 Å². The van der Waals surface area contributed by atoms with Crippen molar-refractivity contribution in [1.29, 1.82) is 0 Å². The number of hydrogen-bond donors (Lipinski definition) is 1. The zero-order chi connectivity index (χ0) is 42.8. The molecule has 0 aromatic heterocycles. The van der Waals surface area contributed by atoms with E-state index in [1.165, 1.54) is 116 Å². The molecule has 0 radical (unpaired) electrons. The molecule has 58 heavy (non-hydrogen) atoms. The SMILES string of the molecule is CCCCC/C=C/C/C=C/CCCCCCCCCCCC(=O)O[C@H](COC(=O)CCCC/C=C/CCCCCCCCCCC)COP(=O)(O)OCC[N+](C)(C)C. The molecule has 340 valence electrons. The molecule has 9 nitrogen and oxygen atoms in total. The molecule has 0 aliphatic carbocycles. The van der Waals surface area contributed by atoms with Gasteiger partial charge < -0.3 is 18.9 Å². The molecular formula is C48H91NO8P+. The summed E-state index contributed by atoms with van der Waals surface area (Å²) in [4.78, 5) is 35.4. The van der Waals surface area contributed by atoms with Crippen LogP contribution in [-0.4, -0.2) is 74.9 Å². The van der Waals surface area contributed by atoms with E-state index in [9.17, 15) is 19.0 Å². The van der Waals surface area contributed by atoms with Crippen molar-refractivity contribution >= 4 is 19.8 Å². The van der Waals surface area contributed by atoms with Gasteiger partial charge in [-0.2, -0.15) is 0 Å². The first-order valence-electron chi connectivity index (χ1n) is 23.7. The minimum Gasteiger partial charge on any atom is -0.462 e. The van der Waals surface area contributed by atoms with Gasteiger partial charge in [0.15, 0.2) is 6.10 Å². The Morgan fingerprint density at radius 1 is 0.534 bits per heavy atom. The van der Waals surface area contributed by atoms with Gasteiger partial charge in [-0.1, -0.05) is 159 Å². The van der Waals surface area contributed by atoms with E-state index in [-0.39, 0.29) is 32.0 Å². The second kappa shape index (κ2) is 40.6. The van der Waals surface area contributed by atoms with Gasteiger partial charge in [-0.15, -0.1) is 0 Å². The van der Waals surface area contributed by atoms with Crippen LogP contribution in [0.5, 0.6) is 0 Å². The maximum Gasteiger partial charge on any atom is 0.472 e. The van der Waals surface area contributed by atoms with E-state index >= 15 is 0 Å². The molecule has 0 bridgehead atoms. The summed E-state index contributed by atoms with van der Waals surface area (Å²) in [6.45, 7) is 4.38. The van der Waals surface area contributed by atoms with E-state index in [2.05, 4.69) is 50.3 Å². The third-order valence-corrected chi connectivity index (χ3v) is 11.1. The quantitative estimate of drug-likeness (QED) is 0.0213. The van der Waals surface area contributed by atoms with Crippen LogP contribution >= 0.6 is 7.82 Å². The number of quaternary nitrogens is 1. The van der Waals surface area contributed by atoms with Crippen LogP contribution in [0.4, 0.5) is 0 Å². The molecule has 0 aromatic rings. The zero-order valence-electron chi connectivity index (χ0n) is 38.3. The molecule has 0 rings (SSSR count). The van der Waals surface area contributed by atoms with E-state index in [0.717, 1.165) is 51.4 Å². The number of nitrogens with zero attached hydrogens (tertiary/aromatic N) is 1. The lowest BCUT2D eigenvalue weighted by Crippen LogP contribution is -2.37. The van der Waals surface area contributed by atoms with E-state index in [1.807, 2.05) is 21.1 Å². The summed E-state index contributed by atoms with van der Waals surface area (Å²) in [5.41, 5.74) is 0. The van der Waals surface area contributed by atoms with Gasteiger partial charge in [-0.05, 0) is 70.6 Å². The Labute approximate surface area is 357 Å². The van der Waals surface area contributed by atoms with Crippen molar-refractivity contribution in [3.63, 3.8) is 0 Å². The maximum absolute atomic E-state index is 12.7. The highest BCUT2D eigenvalue weighted by molar-refractivity contribution is 7.47. The van der Waals surface area contributed by atoms with E-state index in [4.69, 9.17) is 18.5 Å². The molecule has 0 saturated heterocycles. The molecular weight excluding hydrogens is 750 g/mol. The largest absolute Gasteiger partial charge is 0.472 e. The van der Waals surface area contributed by atoms with Gasteiger partial charge in [0.05, 0.1) is 27.7 Å². The summed E-state index contributed by atoms with van der Waals surface area (Å²) in [6.07, 6.45) is 46.2. The fraction of sp³-hybridized carbons (Fsp3) is 0.833. The van der Waals surface area contributed by atoms with Crippen LogP contribution in [0.3, 0.4) is 0 Å². The third kappa shape index (κ3) is 43.8. The predicted molar refractivity (Wildman–Crippen MR) is 243 cm³/mol. The average Bonchev–Trinajstić information content (AvgIpc) is 3.17. The number of carbonyl (C=O) groups excluding carboxylic acids is 2. The Kier molecular flexibility index (Phi) is 39.4. The summed E-state index contributed by atoms with van der Waals surface area (Å²) in [5.74, 6) is -0.825. The molecule has 1 N–H and O–H groups in total. The van der Waals surface area contributed by atoms with E-state index < -0.39 is 26.5 Å². The average molecular weight is 841 g/mol. The number of phosphoric ester groups is 1. The summed E-state index contributed by atoms with van der Waals surface area (Å²) < 4.78 is 34.3. The lowest BCUT2D eigenvalue weighted by molar-refractivity contribution is -0.870. The molecule has 0 heterocycles. The Hall–Kier alpha value is -1.77. The molecule has 1 unspecified atom stereocenters. The van der Waals surface area contributed by atoms with Gasteiger partial charge >= 0.3 is 19.8 Å². The lowest BCUT2D eigenvalue weighted by atomic mass is 10.1. The number of esters is 2. The topological polar surface area (TPSA) is 108 Å². The first-order chi connectivity index (χ1) is 28.0. The molecule has 2 atom stereocenters. The number of likely N-dealkylation sites (N-methyl/N-ethyl adjacent to an activating group) is 1. The highest BCUT2D eigenvalue weighted by Crippen LogP contribution is 2.43. The van der Waals surface area contributed by atoms with Crippen LogP contribution < -0.4 is 0 Å². The Morgan fingerprint density at radius 3 is 1.45 bits per heavy atom. The second-order valence-electron chi connectivity index (χ2n) is 17.1. The van der Waals surface area contributed by atoms with Gasteiger partial charge in [-0.25, -0.2) is 4.57 Å². The van der Waals surface area contributed by atoms with Crippen LogP contribution in [0.1, 0.15) is 206 Å². The number of ether oxygens (including phenoxy) is 2. The van der Waals surface area contributed by atoms with Crippen molar-refractivity contribution in [3.05, 3.63) is 36.5 Å². The Bertz CT molecular complexity index is 1090. The summed E-state index contributed by atoms with van der Waals surface area (Å²) in [6, 6.07) is 0. The lowest BCUT2D eigenvalue weighted by Gasteiger charge is -2.24. The standard InChI is InChI=1S/C48H90NO8P/c1-6-8-10-12-14-16-18-20-22-23-24-25-27-29-31-33-35-37-39-41-48(51)57-46(45-56-58(52,53)55-43-42-49(3,4)5)44-54-47(50)40-38-36-34-32-30-28-26-21-19-17-15-13-11-9-7-2/h14,16,20,22,30,32,46H,6-13,15,17-19,21,23-29,31,33-45H2,1-5H3/p+1/b16-14+,22-20+,32-30+/t46-/m1/s1. The molecule has 0 aromatic carbocycles. The Morgan fingerprint density at radius 2 is 0.931 bits per heavy atom. The minimum atomic E-state index is -4.38. The summed E-state index contributed by atoms with van der Waals surface area (Å²) in [5, 5.41) is 0. The normalized spacial score (nSPS) is 13.8. The van der Waals surface area contributed by atoms with E-state index in [0.29, 0.717) is 23.9 Å². The highest BCUT2D eigenvalue weighted by Gasteiger charge is 2.27. The van der Waals surface area contributed by atoms with Gasteiger partial charge in [0.1, 0.15) is 19.8 Å². The van der Waals surface area contributed by atoms with E-state index in [1.54, 1.807) is 0 Å². The smallest absolute Gasteiger partial charge is 0.462 e. The molecule has 0 amide bonds. The number of unbranched alkanes of at least 4 members (excludes halogenated alkanes) is 23. The van der Waals surface area contributed by atoms with Crippen LogP contribution in [-0.2, 0) is 32.7 Å². The highest BCUT2D eigenvalue weighted by atomic mass is 31.2. The summed E-state index contributed by atoms with van der Waals surface area (Å²) in [7, 11) is 1.47. The van der Waals surface area contributed by atoms with Gasteiger partial charge in [0, 0.05) is 12.8 Å². The first kappa shape index (κ1) is 56.2. The van der Waals surface area contributed by atoms with Crippen LogP contribution in [0.25, 0.3) is 0 Å². The second-order valence-corrected chi connectivity index (χ2v) is 18.6. The Balaban J connectivity index is 4.33. The molecule has 0 aliphatic rings. The number of hydrogen-bond acceptors (Lipinski definition) is 7. The fourth-order valence-electron chi connectivity index (χ4n) is 6.39. The predicted octanol–water partition coefficient (Wildman–Crippen LogP) is 13.7. The van der Waals surface area contributed by atoms with Crippen molar-refractivity contribution in [2.75, 3.05) is 47.5 Å². The monoisotopic (exact) mass is 841 g/mol. The number of allylic oxidation sites excluding steroid dienone is 6. The van der Waals surface area contributed by atoms with Crippen molar-refractivity contribution < 1.29 is 42.1 Å². The van der Waals surface area contributed by atoms with Crippen molar-refractivity contribution in [2.45, 2.75) is 213 Å². The van der Waals surface area contributed by atoms with Crippen molar-refractivity contribution in [2.24, 2.45) is 0 Å². The number of carbonyl (C=O) groups is 2. The molecule has 0 fully saturated rings. The van der Waals surface area contributed by atoms with Crippen LogP contribution in [0.2, 0.25) is 0 Å². The third-order valence-electron chi connectivity index (χ3n) is 10.1. The van der Waals surface area contributed by atoms with Crippen LogP contribution in [0.15, 0.2) is 36.5 Å².